The predicted octanol–water partition coefficient (Wildman–Crippen LogP) is 3.80. The van der Waals surface area contributed by atoms with Crippen molar-refractivity contribution in [1.82, 2.24) is 5.32 Å². The number of thiophene rings is 1. The quantitative estimate of drug-likeness (QED) is 0.910. The van der Waals surface area contributed by atoms with Gasteiger partial charge in [0.1, 0.15) is 0 Å². The summed E-state index contributed by atoms with van der Waals surface area (Å²) in [5.74, 6) is -0.169. The van der Waals surface area contributed by atoms with Gasteiger partial charge in [0.05, 0.1) is 17.9 Å². The lowest BCUT2D eigenvalue weighted by Gasteiger charge is -2.23. The lowest BCUT2D eigenvalue weighted by molar-refractivity contribution is 0.0932. The normalized spacial score (nSPS) is 18.4. The Labute approximate surface area is 114 Å². The lowest BCUT2D eigenvalue weighted by Crippen LogP contribution is -2.30. The largest absolute Gasteiger partial charge is 0.452 e. The second kappa shape index (κ2) is 4.78. The number of hydrogen-bond acceptors (Lipinski definition) is 3. The van der Waals surface area contributed by atoms with Crippen molar-refractivity contribution in [3.05, 3.63) is 45.0 Å². The van der Waals surface area contributed by atoms with Crippen LogP contribution in [0.5, 0.6) is 0 Å². The molecule has 18 heavy (non-hydrogen) atoms. The Morgan fingerprint density at radius 2 is 2.39 bits per heavy atom. The van der Waals surface area contributed by atoms with Crippen LogP contribution >= 0.6 is 22.9 Å². The van der Waals surface area contributed by atoms with Gasteiger partial charge in [0, 0.05) is 4.88 Å². The highest BCUT2D eigenvalue weighted by atomic mass is 35.5. The third-order valence-electron chi connectivity index (χ3n) is 3.22. The molecule has 0 spiro atoms. The topological polar surface area (TPSA) is 42.2 Å². The fourth-order valence-electron chi connectivity index (χ4n) is 2.33. The van der Waals surface area contributed by atoms with E-state index < -0.39 is 0 Å². The number of carbonyl (C=O) groups is 1. The molecule has 0 saturated heterocycles. The molecule has 0 fully saturated rings. The van der Waals surface area contributed by atoms with Gasteiger partial charge in [-0.3, -0.25) is 4.79 Å². The fourth-order valence-corrected chi connectivity index (χ4v) is 3.52. The molecule has 2 aromatic heterocycles. The van der Waals surface area contributed by atoms with Gasteiger partial charge >= 0.3 is 0 Å². The van der Waals surface area contributed by atoms with Gasteiger partial charge in [-0.15, -0.1) is 11.3 Å². The number of aryl methyl sites for hydroxylation is 1. The summed E-state index contributed by atoms with van der Waals surface area (Å²) in [4.78, 5) is 13.5. The zero-order chi connectivity index (χ0) is 12.5. The molecule has 2 heterocycles. The van der Waals surface area contributed by atoms with E-state index in [1.165, 1.54) is 16.7 Å². The predicted molar refractivity (Wildman–Crippen MR) is 71.2 cm³/mol. The zero-order valence-corrected chi connectivity index (χ0v) is 11.2. The number of furan rings is 1. The first-order valence-corrected chi connectivity index (χ1v) is 7.11. The van der Waals surface area contributed by atoms with Crippen LogP contribution in [0.3, 0.4) is 0 Å². The molecule has 1 aliphatic rings. The van der Waals surface area contributed by atoms with Crippen molar-refractivity contribution in [2.45, 2.75) is 25.3 Å². The molecule has 1 N–H and O–H groups in total. The van der Waals surface area contributed by atoms with Gasteiger partial charge in [-0.1, -0.05) is 0 Å². The van der Waals surface area contributed by atoms with Gasteiger partial charge in [-0.25, -0.2) is 0 Å². The van der Waals surface area contributed by atoms with Crippen LogP contribution in [0.1, 0.15) is 39.7 Å². The highest BCUT2D eigenvalue weighted by Crippen LogP contribution is 2.33. The number of hydrogen-bond donors (Lipinski definition) is 1. The van der Waals surface area contributed by atoms with Crippen LogP contribution in [-0.4, -0.2) is 5.91 Å². The second-order valence-corrected chi connectivity index (χ2v) is 5.67. The van der Waals surface area contributed by atoms with E-state index in [4.69, 9.17) is 16.0 Å². The average Bonchev–Trinajstić information content (AvgIpc) is 2.97. The molecule has 94 valence electrons. The van der Waals surface area contributed by atoms with Crippen LogP contribution in [0.15, 0.2) is 28.2 Å². The molecule has 0 aliphatic heterocycles. The SMILES string of the molecule is O=C(NC1CCCc2sccc21)c1ccoc1Cl. The van der Waals surface area contributed by atoms with Gasteiger partial charge in [-0.05, 0) is 53.9 Å². The van der Waals surface area contributed by atoms with E-state index in [9.17, 15) is 4.79 Å². The number of halogens is 1. The maximum atomic E-state index is 12.1. The van der Waals surface area contributed by atoms with E-state index >= 15 is 0 Å². The van der Waals surface area contributed by atoms with Crippen LogP contribution in [-0.2, 0) is 6.42 Å². The summed E-state index contributed by atoms with van der Waals surface area (Å²) in [6.07, 6.45) is 4.63. The molecule has 0 bridgehead atoms. The molecule has 2 aromatic rings. The Kier molecular flexibility index (Phi) is 3.14. The van der Waals surface area contributed by atoms with Crippen LogP contribution in [0.25, 0.3) is 0 Å². The van der Waals surface area contributed by atoms with E-state index in [1.54, 1.807) is 17.4 Å². The molecule has 1 amide bonds. The third-order valence-corrected chi connectivity index (χ3v) is 4.51. The van der Waals surface area contributed by atoms with Crippen LogP contribution in [0.4, 0.5) is 0 Å². The van der Waals surface area contributed by atoms with E-state index in [0.29, 0.717) is 5.56 Å². The minimum absolute atomic E-state index is 0.0958. The monoisotopic (exact) mass is 281 g/mol. The lowest BCUT2D eigenvalue weighted by atomic mass is 9.94. The van der Waals surface area contributed by atoms with Crippen molar-refractivity contribution in [3.63, 3.8) is 0 Å². The number of rotatable bonds is 2. The number of amides is 1. The standard InChI is InChI=1S/C13H12ClNO2S/c14-12-9(4-6-17-12)13(16)15-10-2-1-3-11-8(10)5-7-18-11/h4-7,10H,1-3H2,(H,15,16). The molecule has 1 atom stereocenters. The summed E-state index contributed by atoms with van der Waals surface area (Å²) in [7, 11) is 0. The van der Waals surface area contributed by atoms with E-state index in [-0.39, 0.29) is 17.2 Å². The van der Waals surface area contributed by atoms with Gasteiger partial charge in [-0.2, -0.15) is 0 Å². The van der Waals surface area contributed by atoms with Crippen LogP contribution in [0.2, 0.25) is 5.22 Å². The maximum Gasteiger partial charge on any atom is 0.256 e. The number of fused-ring (bicyclic) bond motifs is 1. The van der Waals surface area contributed by atoms with Crippen LogP contribution < -0.4 is 5.32 Å². The van der Waals surface area contributed by atoms with E-state index in [0.717, 1.165) is 19.3 Å². The molecule has 1 aliphatic carbocycles. The van der Waals surface area contributed by atoms with Crippen molar-refractivity contribution >= 4 is 28.8 Å². The van der Waals surface area contributed by atoms with E-state index in [1.807, 2.05) is 0 Å². The molecular formula is C13H12ClNO2S. The molecule has 0 saturated carbocycles. The molecule has 3 nitrogen and oxygen atoms in total. The molecule has 3 rings (SSSR count). The first kappa shape index (κ1) is 11.8. The van der Waals surface area contributed by atoms with Gasteiger partial charge in [0.2, 0.25) is 5.22 Å². The molecule has 0 aromatic carbocycles. The molecule has 0 radical (unpaired) electrons. The summed E-state index contributed by atoms with van der Waals surface area (Å²) >= 11 is 7.57. The summed E-state index contributed by atoms with van der Waals surface area (Å²) in [6.45, 7) is 0. The maximum absolute atomic E-state index is 12.1. The molecular weight excluding hydrogens is 270 g/mol. The minimum atomic E-state index is -0.169. The summed E-state index contributed by atoms with van der Waals surface area (Å²) in [5.41, 5.74) is 1.65. The van der Waals surface area contributed by atoms with Gasteiger partial charge in [0.25, 0.3) is 5.91 Å². The smallest absolute Gasteiger partial charge is 0.256 e. The van der Waals surface area contributed by atoms with Crippen molar-refractivity contribution in [3.8, 4) is 0 Å². The Hall–Kier alpha value is -1.26. The first-order chi connectivity index (χ1) is 8.75. The Balaban J connectivity index is 1.79. The zero-order valence-electron chi connectivity index (χ0n) is 9.61. The summed E-state index contributed by atoms with van der Waals surface area (Å²) in [5, 5.41) is 5.26. The second-order valence-electron chi connectivity index (χ2n) is 4.33. The van der Waals surface area contributed by atoms with E-state index in [2.05, 4.69) is 16.8 Å². The Morgan fingerprint density at radius 1 is 1.50 bits per heavy atom. The van der Waals surface area contributed by atoms with Crippen molar-refractivity contribution < 1.29 is 9.21 Å². The number of carbonyl (C=O) groups excluding carboxylic acids is 1. The number of nitrogens with one attached hydrogen (secondary N) is 1. The molecule has 5 heteroatoms. The van der Waals surface area contributed by atoms with Crippen molar-refractivity contribution in [2.24, 2.45) is 0 Å². The summed E-state index contributed by atoms with van der Waals surface area (Å²) < 4.78 is 4.94. The first-order valence-electron chi connectivity index (χ1n) is 5.86. The molecule has 1 unspecified atom stereocenters. The fraction of sp³-hybridized carbons (Fsp3) is 0.308. The average molecular weight is 282 g/mol. The summed E-state index contributed by atoms with van der Waals surface area (Å²) in [6, 6.07) is 3.79. The van der Waals surface area contributed by atoms with Gasteiger partial charge in [0.15, 0.2) is 0 Å². The highest BCUT2D eigenvalue weighted by Gasteiger charge is 2.24. The van der Waals surface area contributed by atoms with Crippen molar-refractivity contribution in [1.29, 1.82) is 0 Å². The van der Waals surface area contributed by atoms with Crippen LogP contribution in [0, 0.1) is 0 Å². The highest BCUT2D eigenvalue weighted by molar-refractivity contribution is 7.10. The Morgan fingerprint density at radius 3 is 3.17 bits per heavy atom. The minimum Gasteiger partial charge on any atom is -0.452 e. The van der Waals surface area contributed by atoms with Gasteiger partial charge < -0.3 is 9.73 Å². The van der Waals surface area contributed by atoms with Crippen molar-refractivity contribution in [2.75, 3.05) is 0 Å². The Bertz CT molecular complexity index is 575. The third kappa shape index (κ3) is 2.06.